The molecule has 0 aliphatic heterocycles. The molecule has 0 aliphatic carbocycles. The van der Waals surface area contributed by atoms with Crippen LogP contribution in [0.1, 0.15) is 43.3 Å². The quantitative estimate of drug-likeness (QED) is 0.299. The highest BCUT2D eigenvalue weighted by Gasteiger charge is 2.37. The summed E-state index contributed by atoms with van der Waals surface area (Å²) in [4.78, 5) is 10.0. The number of benzene rings is 1. The van der Waals surface area contributed by atoms with Crippen LogP contribution in [0.2, 0.25) is 18.1 Å². The van der Waals surface area contributed by atoms with Crippen LogP contribution >= 0.6 is 0 Å². The number of ether oxygens (including phenoxy) is 2. The number of aryl methyl sites for hydroxylation is 1. The first-order chi connectivity index (χ1) is 14.1. The third kappa shape index (κ3) is 6.31. The summed E-state index contributed by atoms with van der Waals surface area (Å²) < 4.78 is 17.1. The molecular weight excluding hydrogens is 396 g/mol. The summed E-state index contributed by atoms with van der Waals surface area (Å²) in [6.45, 7) is 14.0. The van der Waals surface area contributed by atoms with Gasteiger partial charge in [-0.15, -0.1) is 0 Å². The molecule has 0 aliphatic rings. The van der Waals surface area contributed by atoms with E-state index < -0.39 is 8.32 Å². The molecular formula is C23H34N2O4Si. The van der Waals surface area contributed by atoms with Crippen molar-refractivity contribution in [2.45, 2.75) is 59.0 Å². The first kappa shape index (κ1) is 23.9. The Morgan fingerprint density at radius 3 is 2.23 bits per heavy atom. The number of methoxy groups -OCH3 is 2. The van der Waals surface area contributed by atoms with E-state index in [1.54, 1.807) is 20.4 Å². The van der Waals surface area contributed by atoms with Crippen LogP contribution in [0.4, 0.5) is 0 Å². The number of aromatic nitrogens is 1. The topological polar surface area (TPSA) is 62.2 Å². The number of rotatable bonds is 9. The molecule has 0 N–H and O–H groups in total. The molecule has 7 heteroatoms. The minimum Gasteiger partial charge on any atom is -0.496 e. The Morgan fingerprint density at radius 2 is 1.67 bits per heavy atom. The smallest absolute Gasteiger partial charge is 0.192 e. The molecule has 0 atom stereocenters. The van der Waals surface area contributed by atoms with E-state index >= 15 is 0 Å². The standard InChI is InChI=1S/C23H34N2O4Si/c1-17-12-18(15-29-30(7,8)23(2,3)4)13-19(25-17)14-24-28-16-20-21(26-5)10-9-11-22(20)27-6/h9-14H,15-16H2,1-8H3. The molecule has 2 rings (SSSR count). The van der Waals surface area contributed by atoms with Crippen molar-refractivity contribution in [3.8, 4) is 11.5 Å². The molecule has 0 fully saturated rings. The van der Waals surface area contributed by atoms with Gasteiger partial charge >= 0.3 is 0 Å². The highest BCUT2D eigenvalue weighted by Crippen LogP contribution is 2.37. The van der Waals surface area contributed by atoms with Gasteiger partial charge in [-0.05, 0) is 54.9 Å². The van der Waals surface area contributed by atoms with E-state index in [0.29, 0.717) is 18.1 Å². The van der Waals surface area contributed by atoms with Crippen LogP contribution in [0, 0.1) is 6.92 Å². The van der Waals surface area contributed by atoms with Crippen molar-refractivity contribution < 1.29 is 18.7 Å². The highest BCUT2D eigenvalue weighted by atomic mass is 28.4. The van der Waals surface area contributed by atoms with Crippen LogP contribution < -0.4 is 9.47 Å². The fraction of sp³-hybridized carbons (Fsp3) is 0.478. The summed E-state index contributed by atoms with van der Waals surface area (Å²) in [5, 5.41) is 4.26. The molecule has 1 aromatic heterocycles. The van der Waals surface area contributed by atoms with E-state index in [1.165, 1.54) is 0 Å². The average molecular weight is 431 g/mol. The van der Waals surface area contributed by atoms with Gasteiger partial charge in [-0.2, -0.15) is 0 Å². The maximum absolute atomic E-state index is 6.33. The van der Waals surface area contributed by atoms with Crippen LogP contribution in [0.3, 0.4) is 0 Å². The minimum absolute atomic E-state index is 0.173. The SMILES string of the molecule is COc1cccc(OC)c1CON=Cc1cc(CO[Si](C)(C)C(C)(C)C)cc(C)n1. The maximum atomic E-state index is 6.33. The van der Waals surface area contributed by atoms with Gasteiger partial charge in [0, 0.05) is 5.69 Å². The zero-order chi connectivity index (χ0) is 22.4. The third-order valence-electron chi connectivity index (χ3n) is 5.44. The fourth-order valence-corrected chi connectivity index (χ4v) is 3.62. The molecule has 1 heterocycles. The summed E-state index contributed by atoms with van der Waals surface area (Å²) in [5.41, 5.74) is 3.54. The van der Waals surface area contributed by atoms with Gasteiger partial charge in [0.25, 0.3) is 0 Å². The predicted octanol–water partition coefficient (Wildman–Crippen LogP) is 5.48. The van der Waals surface area contributed by atoms with E-state index in [2.05, 4.69) is 44.0 Å². The Morgan fingerprint density at radius 1 is 1.03 bits per heavy atom. The van der Waals surface area contributed by atoms with Crippen molar-refractivity contribution in [3.05, 3.63) is 52.8 Å². The van der Waals surface area contributed by atoms with Crippen LogP contribution in [-0.4, -0.2) is 33.7 Å². The summed E-state index contributed by atoms with van der Waals surface area (Å²) >= 11 is 0. The number of hydrogen-bond acceptors (Lipinski definition) is 6. The fourth-order valence-electron chi connectivity index (χ4n) is 2.66. The molecule has 1 aromatic carbocycles. The summed E-state index contributed by atoms with van der Waals surface area (Å²) in [6, 6.07) is 9.62. The Balaban J connectivity index is 2.05. The first-order valence-corrected chi connectivity index (χ1v) is 12.9. The van der Waals surface area contributed by atoms with Gasteiger partial charge in [0.2, 0.25) is 0 Å². The van der Waals surface area contributed by atoms with E-state index in [-0.39, 0.29) is 11.6 Å². The molecule has 6 nitrogen and oxygen atoms in total. The highest BCUT2D eigenvalue weighted by molar-refractivity contribution is 6.74. The number of oxime groups is 1. The number of nitrogens with zero attached hydrogens (tertiary/aromatic N) is 2. The largest absolute Gasteiger partial charge is 0.496 e. The lowest BCUT2D eigenvalue weighted by molar-refractivity contribution is 0.127. The molecule has 2 aromatic rings. The second-order valence-corrected chi connectivity index (χ2v) is 13.5. The summed E-state index contributed by atoms with van der Waals surface area (Å²) in [5.74, 6) is 1.39. The minimum atomic E-state index is -1.81. The van der Waals surface area contributed by atoms with Gasteiger partial charge in [0.05, 0.1) is 38.3 Å². The molecule has 0 amide bonds. The van der Waals surface area contributed by atoms with Gasteiger partial charge in [0.1, 0.15) is 18.1 Å². The van der Waals surface area contributed by atoms with E-state index in [0.717, 1.165) is 22.5 Å². The van der Waals surface area contributed by atoms with Crippen molar-refractivity contribution in [3.63, 3.8) is 0 Å². The molecule has 0 saturated heterocycles. The normalized spacial score (nSPS) is 12.3. The molecule has 30 heavy (non-hydrogen) atoms. The predicted molar refractivity (Wildman–Crippen MR) is 123 cm³/mol. The van der Waals surface area contributed by atoms with Crippen molar-refractivity contribution in [2.24, 2.45) is 5.16 Å². The number of pyridine rings is 1. The van der Waals surface area contributed by atoms with Gasteiger partial charge < -0.3 is 18.7 Å². The van der Waals surface area contributed by atoms with Crippen molar-refractivity contribution in [1.82, 2.24) is 4.98 Å². The molecule has 0 spiro atoms. The zero-order valence-electron chi connectivity index (χ0n) is 19.4. The lowest BCUT2D eigenvalue weighted by atomic mass is 10.2. The van der Waals surface area contributed by atoms with Crippen molar-refractivity contribution in [1.29, 1.82) is 0 Å². The molecule has 0 radical (unpaired) electrons. The van der Waals surface area contributed by atoms with Crippen LogP contribution in [0.15, 0.2) is 35.5 Å². The zero-order valence-corrected chi connectivity index (χ0v) is 20.4. The maximum Gasteiger partial charge on any atom is 0.192 e. The Kier molecular flexibility index (Phi) is 8.03. The summed E-state index contributed by atoms with van der Waals surface area (Å²) in [6.07, 6.45) is 1.62. The number of hydrogen-bond donors (Lipinski definition) is 0. The Labute approximate surface area is 181 Å². The van der Waals surface area contributed by atoms with Gasteiger partial charge in [-0.1, -0.05) is 32.0 Å². The monoisotopic (exact) mass is 430 g/mol. The van der Waals surface area contributed by atoms with E-state index in [4.69, 9.17) is 18.7 Å². The second kappa shape index (κ2) is 10.1. The molecule has 164 valence electrons. The van der Waals surface area contributed by atoms with Crippen LogP contribution in [0.25, 0.3) is 0 Å². The van der Waals surface area contributed by atoms with E-state index in [1.807, 2.05) is 37.3 Å². The molecule has 0 bridgehead atoms. The Hall–Kier alpha value is -2.38. The third-order valence-corrected chi connectivity index (χ3v) is 9.92. The van der Waals surface area contributed by atoms with E-state index in [9.17, 15) is 0 Å². The summed E-state index contributed by atoms with van der Waals surface area (Å²) in [7, 11) is 1.42. The van der Waals surface area contributed by atoms with Crippen LogP contribution in [-0.2, 0) is 22.5 Å². The van der Waals surface area contributed by atoms with Gasteiger partial charge in [0.15, 0.2) is 8.32 Å². The second-order valence-electron chi connectivity index (χ2n) is 8.74. The average Bonchev–Trinajstić information content (AvgIpc) is 2.68. The Bertz CT molecular complexity index is 854. The first-order valence-electron chi connectivity index (χ1n) is 10.0. The molecule has 0 saturated carbocycles. The van der Waals surface area contributed by atoms with Gasteiger partial charge in [-0.25, -0.2) is 0 Å². The van der Waals surface area contributed by atoms with Gasteiger partial charge in [-0.3, -0.25) is 4.98 Å². The lowest BCUT2D eigenvalue weighted by Gasteiger charge is -2.36. The van der Waals surface area contributed by atoms with Crippen molar-refractivity contribution in [2.75, 3.05) is 14.2 Å². The van der Waals surface area contributed by atoms with Crippen LogP contribution in [0.5, 0.6) is 11.5 Å². The molecule has 0 unspecified atom stereocenters. The van der Waals surface area contributed by atoms with Crippen molar-refractivity contribution >= 4 is 14.5 Å². The lowest BCUT2D eigenvalue weighted by Crippen LogP contribution is -2.40.